The molecule has 1 aromatic heterocycles. The molecule has 2 atom stereocenters. The van der Waals surface area contributed by atoms with Crippen molar-refractivity contribution in [3.63, 3.8) is 0 Å². The van der Waals surface area contributed by atoms with Crippen LogP contribution in [0.2, 0.25) is 0 Å². The number of halogens is 1. The molecule has 4 nitrogen and oxygen atoms in total. The van der Waals surface area contributed by atoms with Gasteiger partial charge in [0.1, 0.15) is 6.04 Å². The van der Waals surface area contributed by atoms with E-state index in [9.17, 15) is 9.59 Å². The Kier molecular flexibility index (Phi) is 5.74. The number of benzene rings is 1. The number of carbonyl (C=O) groups is 2. The molecule has 6 heteroatoms. The quantitative estimate of drug-likeness (QED) is 0.833. The van der Waals surface area contributed by atoms with Crippen LogP contribution in [0.15, 0.2) is 46.3 Å². The van der Waals surface area contributed by atoms with Crippen LogP contribution >= 0.6 is 27.3 Å². The molecule has 0 fully saturated rings. The van der Waals surface area contributed by atoms with Gasteiger partial charge in [0.15, 0.2) is 0 Å². The molecule has 2 rings (SSSR count). The molecule has 0 saturated heterocycles. The largest absolute Gasteiger partial charge is 0.348 e. The molecule has 0 bridgehead atoms. The van der Waals surface area contributed by atoms with E-state index in [1.165, 1.54) is 11.3 Å². The van der Waals surface area contributed by atoms with Gasteiger partial charge in [0.2, 0.25) is 5.91 Å². The summed E-state index contributed by atoms with van der Waals surface area (Å²) in [7, 11) is 0. The highest BCUT2D eigenvalue weighted by Gasteiger charge is 2.19. The van der Waals surface area contributed by atoms with Crippen LogP contribution < -0.4 is 10.6 Å². The topological polar surface area (TPSA) is 58.2 Å². The zero-order chi connectivity index (χ0) is 16.1. The summed E-state index contributed by atoms with van der Waals surface area (Å²) in [6, 6.07) is 10.5. The third kappa shape index (κ3) is 4.18. The number of hydrogen-bond acceptors (Lipinski definition) is 3. The first kappa shape index (κ1) is 16.7. The number of thiophene rings is 1. The zero-order valence-corrected chi connectivity index (χ0v) is 14.7. The average Bonchev–Trinajstić information content (AvgIpc) is 3.01. The van der Waals surface area contributed by atoms with Gasteiger partial charge in [-0.1, -0.05) is 40.2 Å². The highest BCUT2D eigenvalue weighted by Crippen LogP contribution is 2.22. The first-order valence-electron chi connectivity index (χ1n) is 6.88. The van der Waals surface area contributed by atoms with Gasteiger partial charge < -0.3 is 10.6 Å². The van der Waals surface area contributed by atoms with Crippen molar-refractivity contribution in [1.82, 2.24) is 10.6 Å². The van der Waals surface area contributed by atoms with E-state index < -0.39 is 6.04 Å². The molecule has 0 aliphatic carbocycles. The fourth-order valence-electron chi connectivity index (χ4n) is 1.98. The Bertz CT molecular complexity index is 658. The first-order chi connectivity index (χ1) is 10.5. The fraction of sp³-hybridized carbons (Fsp3) is 0.250. The normalized spacial score (nSPS) is 13.2. The van der Waals surface area contributed by atoms with Gasteiger partial charge in [-0.05, 0) is 36.9 Å². The minimum Gasteiger partial charge on any atom is -0.348 e. The summed E-state index contributed by atoms with van der Waals surface area (Å²) in [5.41, 5.74) is 0.993. The molecule has 0 spiro atoms. The van der Waals surface area contributed by atoms with Crippen LogP contribution in [-0.4, -0.2) is 17.9 Å². The van der Waals surface area contributed by atoms with Gasteiger partial charge in [0.25, 0.3) is 5.91 Å². The molecule has 1 heterocycles. The monoisotopic (exact) mass is 380 g/mol. The highest BCUT2D eigenvalue weighted by molar-refractivity contribution is 9.10. The first-order valence-corrected chi connectivity index (χ1v) is 8.55. The molecule has 0 aliphatic heterocycles. The molecule has 0 aliphatic rings. The molecule has 0 saturated carbocycles. The van der Waals surface area contributed by atoms with Crippen molar-refractivity contribution in [2.75, 3.05) is 0 Å². The highest BCUT2D eigenvalue weighted by atomic mass is 79.9. The molecular weight excluding hydrogens is 364 g/mol. The predicted octanol–water partition coefficient (Wildman–Crippen LogP) is 3.51. The van der Waals surface area contributed by atoms with Gasteiger partial charge in [-0.25, -0.2) is 0 Å². The second-order valence-electron chi connectivity index (χ2n) is 4.92. The number of carbonyl (C=O) groups excluding carboxylic acids is 2. The van der Waals surface area contributed by atoms with Crippen molar-refractivity contribution < 1.29 is 9.59 Å². The Morgan fingerprint density at radius 2 is 1.82 bits per heavy atom. The van der Waals surface area contributed by atoms with E-state index in [0.29, 0.717) is 4.88 Å². The van der Waals surface area contributed by atoms with Crippen molar-refractivity contribution >= 4 is 39.1 Å². The average molecular weight is 381 g/mol. The van der Waals surface area contributed by atoms with E-state index in [0.717, 1.165) is 10.0 Å². The fourth-order valence-corrected chi connectivity index (χ4v) is 3.24. The summed E-state index contributed by atoms with van der Waals surface area (Å²) in [5, 5.41) is 7.44. The molecule has 0 radical (unpaired) electrons. The maximum absolute atomic E-state index is 12.2. The summed E-state index contributed by atoms with van der Waals surface area (Å²) in [4.78, 5) is 24.7. The lowest BCUT2D eigenvalue weighted by atomic mass is 10.1. The van der Waals surface area contributed by atoms with E-state index in [-0.39, 0.29) is 17.9 Å². The minimum absolute atomic E-state index is 0.149. The molecule has 22 heavy (non-hydrogen) atoms. The van der Waals surface area contributed by atoms with Crippen molar-refractivity contribution in [2.45, 2.75) is 25.9 Å². The molecule has 2 unspecified atom stereocenters. The summed E-state index contributed by atoms with van der Waals surface area (Å²) in [6.45, 7) is 3.58. The Morgan fingerprint density at radius 3 is 2.45 bits per heavy atom. The van der Waals surface area contributed by atoms with E-state index in [1.807, 2.05) is 36.6 Å². The van der Waals surface area contributed by atoms with Gasteiger partial charge in [-0.15, -0.1) is 11.3 Å². The van der Waals surface area contributed by atoms with E-state index >= 15 is 0 Å². The van der Waals surface area contributed by atoms with Crippen LogP contribution in [0, 0.1) is 0 Å². The molecule has 116 valence electrons. The summed E-state index contributed by atoms with van der Waals surface area (Å²) < 4.78 is 0.943. The van der Waals surface area contributed by atoms with Crippen LogP contribution in [0.25, 0.3) is 0 Å². The maximum atomic E-state index is 12.2. The molecule has 2 amide bonds. The lowest BCUT2D eigenvalue weighted by molar-refractivity contribution is -0.123. The number of amides is 2. The van der Waals surface area contributed by atoms with Crippen LogP contribution in [-0.2, 0) is 4.79 Å². The van der Waals surface area contributed by atoms with Gasteiger partial charge >= 0.3 is 0 Å². The number of hydrogen-bond donors (Lipinski definition) is 2. The van der Waals surface area contributed by atoms with Crippen molar-refractivity contribution in [3.8, 4) is 0 Å². The Labute approximate surface area is 142 Å². The summed E-state index contributed by atoms with van der Waals surface area (Å²) in [6.07, 6.45) is 0. The van der Waals surface area contributed by atoms with Crippen LogP contribution in [0.4, 0.5) is 0 Å². The SMILES string of the molecule is CC(NC(=O)c1cccs1)C(=O)NC(C)c1ccccc1Br. The van der Waals surface area contributed by atoms with Crippen LogP contribution in [0.5, 0.6) is 0 Å². The van der Waals surface area contributed by atoms with E-state index in [1.54, 1.807) is 19.1 Å². The molecule has 1 aromatic carbocycles. The molecular formula is C16H17BrN2O2S. The van der Waals surface area contributed by atoms with Crippen molar-refractivity contribution in [3.05, 3.63) is 56.7 Å². The van der Waals surface area contributed by atoms with Gasteiger partial charge in [0, 0.05) is 4.47 Å². The Hall–Kier alpha value is -1.66. The number of rotatable bonds is 5. The van der Waals surface area contributed by atoms with Crippen LogP contribution in [0.3, 0.4) is 0 Å². The van der Waals surface area contributed by atoms with E-state index in [2.05, 4.69) is 26.6 Å². The second-order valence-corrected chi connectivity index (χ2v) is 6.73. The Morgan fingerprint density at radius 1 is 1.09 bits per heavy atom. The number of nitrogens with one attached hydrogen (secondary N) is 2. The second kappa shape index (κ2) is 7.56. The lowest BCUT2D eigenvalue weighted by Gasteiger charge is -2.19. The molecule has 2 N–H and O–H groups in total. The lowest BCUT2D eigenvalue weighted by Crippen LogP contribution is -2.45. The van der Waals surface area contributed by atoms with E-state index in [4.69, 9.17) is 0 Å². The van der Waals surface area contributed by atoms with Crippen LogP contribution in [0.1, 0.15) is 35.1 Å². The van der Waals surface area contributed by atoms with Gasteiger partial charge in [-0.2, -0.15) is 0 Å². The third-order valence-electron chi connectivity index (χ3n) is 3.22. The minimum atomic E-state index is -0.598. The smallest absolute Gasteiger partial charge is 0.261 e. The predicted molar refractivity (Wildman–Crippen MR) is 91.9 cm³/mol. The van der Waals surface area contributed by atoms with Gasteiger partial charge in [0.05, 0.1) is 10.9 Å². The molecule has 2 aromatic rings. The Balaban J connectivity index is 1.94. The van der Waals surface area contributed by atoms with Gasteiger partial charge in [-0.3, -0.25) is 9.59 Å². The maximum Gasteiger partial charge on any atom is 0.261 e. The standard InChI is InChI=1S/C16H17BrN2O2S/c1-10(12-6-3-4-7-13(12)17)18-15(20)11(2)19-16(21)14-8-5-9-22-14/h3-11H,1-2H3,(H,18,20)(H,19,21). The van der Waals surface area contributed by atoms with Crippen molar-refractivity contribution in [2.24, 2.45) is 0 Å². The third-order valence-corrected chi connectivity index (χ3v) is 4.81. The van der Waals surface area contributed by atoms with Crippen molar-refractivity contribution in [1.29, 1.82) is 0 Å². The zero-order valence-electron chi connectivity index (χ0n) is 12.3. The summed E-state index contributed by atoms with van der Waals surface area (Å²) in [5.74, 6) is -0.445. The summed E-state index contributed by atoms with van der Waals surface area (Å²) >= 11 is 4.82.